The van der Waals surface area contributed by atoms with Gasteiger partial charge in [0.25, 0.3) is 0 Å². The highest BCUT2D eigenvalue weighted by Gasteiger charge is 2.10. The first-order valence-electron chi connectivity index (χ1n) is 4.32. The van der Waals surface area contributed by atoms with Crippen molar-refractivity contribution in [2.24, 2.45) is 0 Å². The smallest absolute Gasteiger partial charge is 0.153 e. The summed E-state index contributed by atoms with van der Waals surface area (Å²) < 4.78 is 11.8. The van der Waals surface area contributed by atoms with Crippen molar-refractivity contribution in [3.05, 3.63) is 52.7 Å². The first kappa shape index (κ1) is 9.77. The lowest BCUT2D eigenvalue weighted by atomic mass is 10.4. The van der Waals surface area contributed by atoms with Crippen LogP contribution in [0.15, 0.2) is 52.7 Å². The summed E-state index contributed by atoms with van der Waals surface area (Å²) in [6.07, 6.45) is 0. The van der Waals surface area contributed by atoms with Crippen molar-refractivity contribution >= 4 is 22.5 Å². The summed E-state index contributed by atoms with van der Waals surface area (Å²) in [5.41, 5.74) is 0. The fourth-order valence-corrected chi connectivity index (χ4v) is 3.24. The summed E-state index contributed by atoms with van der Waals surface area (Å²) >= 11 is 0.751. The molecule has 0 saturated carbocycles. The van der Waals surface area contributed by atoms with Gasteiger partial charge in [0.1, 0.15) is 5.75 Å². The molecule has 0 aliphatic rings. The summed E-state index contributed by atoms with van der Waals surface area (Å²) in [6.45, 7) is 0. The van der Waals surface area contributed by atoms with Crippen molar-refractivity contribution in [3.63, 3.8) is 0 Å². The molecule has 0 saturated heterocycles. The van der Waals surface area contributed by atoms with Crippen molar-refractivity contribution in [2.75, 3.05) is 0 Å². The standard InChI is InChI=1S/C11H10OS2/c12-14(9-10-5-4-8-13-10)11-6-2-1-3-7-11/h1-8H,9H2/t14-/m1/s1. The Morgan fingerprint density at radius 2 is 1.86 bits per heavy atom. The highest BCUT2D eigenvalue weighted by Crippen LogP contribution is 2.18. The Morgan fingerprint density at radius 3 is 2.50 bits per heavy atom. The van der Waals surface area contributed by atoms with Gasteiger partial charge in [-0.25, -0.2) is 0 Å². The van der Waals surface area contributed by atoms with Crippen LogP contribution >= 0.6 is 11.3 Å². The van der Waals surface area contributed by atoms with Crippen LogP contribution < -0.4 is 0 Å². The second kappa shape index (κ2) is 4.64. The van der Waals surface area contributed by atoms with Crippen molar-refractivity contribution in [1.29, 1.82) is 0 Å². The molecule has 14 heavy (non-hydrogen) atoms. The molecule has 1 atom stereocenters. The first-order chi connectivity index (χ1) is 6.86. The molecule has 0 unspecified atom stereocenters. The zero-order valence-electron chi connectivity index (χ0n) is 7.55. The number of thiophene rings is 1. The molecule has 0 amide bonds. The van der Waals surface area contributed by atoms with Crippen molar-refractivity contribution in [2.45, 2.75) is 10.6 Å². The molecular weight excluding hydrogens is 212 g/mol. The Kier molecular flexibility index (Phi) is 3.24. The van der Waals surface area contributed by atoms with Gasteiger partial charge in [-0.2, -0.15) is 0 Å². The van der Waals surface area contributed by atoms with Gasteiger partial charge in [0.2, 0.25) is 0 Å². The summed E-state index contributed by atoms with van der Waals surface area (Å²) in [7, 11) is 0. The van der Waals surface area contributed by atoms with Crippen LogP contribution in [0, 0.1) is 0 Å². The van der Waals surface area contributed by atoms with E-state index in [2.05, 4.69) is 0 Å². The highest BCUT2D eigenvalue weighted by molar-refractivity contribution is 7.90. The average Bonchev–Trinajstić information content (AvgIpc) is 2.72. The Hall–Kier alpha value is -0.770. The maximum atomic E-state index is 11.8. The van der Waals surface area contributed by atoms with E-state index in [0.29, 0.717) is 5.75 Å². The molecule has 1 nitrogen and oxygen atoms in total. The third kappa shape index (κ3) is 2.38. The topological polar surface area (TPSA) is 23.1 Å². The van der Waals surface area contributed by atoms with Gasteiger partial charge >= 0.3 is 0 Å². The van der Waals surface area contributed by atoms with Gasteiger partial charge < -0.3 is 4.55 Å². The van der Waals surface area contributed by atoms with Gasteiger partial charge in [0.05, 0.1) is 4.88 Å². The fraction of sp³-hybridized carbons (Fsp3) is 0.0909. The van der Waals surface area contributed by atoms with E-state index in [1.54, 1.807) is 11.3 Å². The quantitative estimate of drug-likeness (QED) is 0.732. The predicted molar refractivity (Wildman–Crippen MR) is 60.9 cm³/mol. The van der Waals surface area contributed by atoms with Gasteiger partial charge in [0, 0.05) is 0 Å². The van der Waals surface area contributed by atoms with Crippen LogP contribution in [0.25, 0.3) is 0 Å². The largest absolute Gasteiger partial charge is 0.611 e. The molecule has 72 valence electrons. The van der Waals surface area contributed by atoms with E-state index in [-0.39, 0.29) is 0 Å². The van der Waals surface area contributed by atoms with Gasteiger partial charge in [0.15, 0.2) is 4.90 Å². The molecule has 0 N–H and O–H groups in total. The zero-order chi connectivity index (χ0) is 9.80. The van der Waals surface area contributed by atoms with Gasteiger partial charge in [-0.05, 0) is 34.8 Å². The molecule has 0 radical (unpaired) electrons. The number of benzene rings is 1. The fourth-order valence-electron chi connectivity index (χ4n) is 1.18. The third-order valence-corrected chi connectivity index (χ3v) is 4.29. The Labute approximate surface area is 90.6 Å². The maximum absolute atomic E-state index is 11.8. The van der Waals surface area contributed by atoms with Crippen molar-refractivity contribution < 1.29 is 4.55 Å². The highest BCUT2D eigenvalue weighted by atomic mass is 32.2. The van der Waals surface area contributed by atoms with Gasteiger partial charge in [-0.1, -0.05) is 24.3 Å². The van der Waals surface area contributed by atoms with E-state index < -0.39 is 11.2 Å². The number of hydrogen-bond donors (Lipinski definition) is 0. The molecule has 2 rings (SSSR count). The summed E-state index contributed by atoms with van der Waals surface area (Å²) in [6, 6.07) is 13.6. The van der Waals surface area contributed by atoms with Crippen LogP contribution in [-0.4, -0.2) is 4.55 Å². The van der Waals surface area contributed by atoms with Crippen LogP contribution in [-0.2, 0) is 16.9 Å². The molecule has 0 fully saturated rings. The molecule has 1 aromatic carbocycles. The monoisotopic (exact) mass is 222 g/mol. The van der Waals surface area contributed by atoms with E-state index in [4.69, 9.17) is 0 Å². The van der Waals surface area contributed by atoms with E-state index in [1.807, 2.05) is 47.8 Å². The molecule has 1 heterocycles. The maximum Gasteiger partial charge on any atom is 0.153 e. The minimum atomic E-state index is -0.902. The number of rotatable bonds is 3. The summed E-state index contributed by atoms with van der Waals surface area (Å²) in [4.78, 5) is 2.08. The predicted octanol–water partition coefficient (Wildman–Crippen LogP) is 3.06. The average molecular weight is 222 g/mol. The Morgan fingerprint density at radius 1 is 1.07 bits per heavy atom. The molecule has 0 spiro atoms. The molecule has 0 aliphatic carbocycles. The first-order valence-corrected chi connectivity index (χ1v) is 6.52. The summed E-state index contributed by atoms with van der Waals surface area (Å²) in [5.74, 6) is 0.627. The minimum Gasteiger partial charge on any atom is -0.611 e. The third-order valence-electron chi connectivity index (χ3n) is 1.86. The molecule has 1 aromatic heterocycles. The number of hydrogen-bond acceptors (Lipinski definition) is 2. The lowest BCUT2D eigenvalue weighted by molar-refractivity contribution is 0.594. The second-order valence-electron chi connectivity index (χ2n) is 2.88. The van der Waals surface area contributed by atoms with Crippen LogP contribution in [0.2, 0.25) is 0 Å². The van der Waals surface area contributed by atoms with Crippen LogP contribution in [0.3, 0.4) is 0 Å². The van der Waals surface area contributed by atoms with E-state index in [0.717, 1.165) is 4.90 Å². The molecule has 0 aliphatic heterocycles. The Bertz CT molecular complexity index is 369. The lowest BCUT2D eigenvalue weighted by Crippen LogP contribution is -2.03. The van der Waals surface area contributed by atoms with Crippen LogP contribution in [0.1, 0.15) is 4.88 Å². The lowest BCUT2D eigenvalue weighted by Gasteiger charge is -2.08. The SMILES string of the molecule is [O-][S@+](Cc1cccs1)c1ccccc1. The normalized spacial score (nSPS) is 12.6. The van der Waals surface area contributed by atoms with Crippen molar-refractivity contribution in [3.8, 4) is 0 Å². The van der Waals surface area contributed by atoms with E-state index in [9.17, 15) is 4.55 Å². The zero-order valence-corrected chi connectivity index (χ0v) is 9.18. The Balaban J connectivity index is 2.07. The molecule has 0 bridgehead atoms. The van der Waals surface area contributed by atoms with E-state index >= 15 is 0 Å². The molecule has 2 aromatic rings. The molecular formula is C11H10OS2. The minimum absolute atomic E-state index is 0.627. The van der Waals surface area contributed by atoms with Crippen molar-refractivity contribution in [1.82, 2.24) is 0 Å². The van der Waals surface area contributed by atoms with Crippen LogP contribution in [0.4, 0.5) is 0 Å². The molecule has 3 heteroatoms. The summed E-state index contributed by atoms with van der Waals surface area (Å²) in [5, 5.41) is 2.01. The second-order valence-corrected chi connectivity index (χ2v) is 5.37. The van der Waals surface area contributed by atoms with E-state index in [1.165, 1.54) is 4.88 Å². The van der Waals surface area contributed by atoms with Crippen LogP contribution in [0.5, 0.6) is 0 Å². The van der Waals surface area contributed by atoms with Gasteiger partial charge in [-0.15, -0.1) is 11.3 Å². The van der Waals surface area contributed by atoms with Gasteiger partial charge in [-0.3, -0.25) is 0 Å².